The van der Waals surface area contributed by atoms with Crippen molar-refractivity contribution in [3.05, 3.63) is 46.0 Å². The average molecular weight is 449 g/mol. The fraction of sp³-hybridized carbons (Fsp3) is 0.636. The summed E-state index contributed by atoms with van der Waals surface area (Å²) < 4.78 is 28.1. The van der Waals surface area contributed by atoms with Crippen molar-refractivity contribution >= 4 is 22.1 Å². The molecule has 0 saturated carbocycles. The third-order valence-electron chi connectivity index (χ3n) is 6.68. The molecule has 2 saturated heterocycles. The fourth-order valence-electron chi connectivity index (χ4n) is 4.68. The van der Waals surface area contributed by atoms with E-state index in [-0.39, 0.29) is 17.4 Å². The Morgan fingerprint density at radius 1 is 1.13 bits per heavy atom. The highest BCUT2D eigenvalue weighted by atomic mass is 32.2. The Bertz CT molecular complexity index is 1030. The molecule has 2 aliphatic rings. The lowest BCUT2D eigenvalue weighted by molar-refractivity contribution is 0.136. The Hall–Kier alpha value is -1.51. The highest BCUT2D eigenvalue weighted by Gasteiger charge is 2.32. The summed E-state index contributed by atoms with van der Waals surface area (Å²) in [4.78, 5) is 2.42. The van der Waals surface area contributed by atoms with Gasteiger partial charge in [0.2, 0.25) is 0 Å². The number of rotatable bonds is 6. The van der Waals surface area contributed by atoms with Gasteiger partial charge < -0.3 is 4.57 Å². The topological polar surface area (TPSA) is 60.1 Å². The lowest BCUT2D eigenvalue weighted by Crippen LogP contribution is -2.35. The lowest BCUT2D eigenvalue weighted by atomic mass is 9.90. The van der Waals surface area contributed by atoms with Crippen LogP contribution < -0.4 is 0 Å². The maximum absolute atomic E-state index is 11.8. The third-order valence-corrected chi connectivity index (χ3v) is 8.93. The highest BCUT2D eigenvalue weighted by molar-refractivity contribution is 7.91. The van der Waals surface area contributed by atoms with Gasteiger partial charge in [0, 0.05) is 26.1 Å². The minimum Gasteiger partial charge on any atom is -0.307 e. The molecule has 8 heteroatoms. The van der Waals surface area contributed by atoms with Crippen LogP contribution in [0.2, 0.25) is 0 Å². The molecule has 2 aliphatic heterocycles. The van der Waals surface area contributed by atoms with E-state index in [1.54, 1.807) is 0 Å². The second-order valence-electron chi connectivity index (χ2n) is 9.03. The second-order valence-corrected chi connectivity index (χ2v) is 11.6. The Balaban J connectivity index is 1.30. The van der Waals surface area contributed by atoms with E-state index in [4.69, 9.17) is 17.3 Å². The van der Waals surface area contributed by atoms with Crippen molar-refractivity contribution in [1.29, 1.82) is 0 Å². The van der Waals surface area contributed by atoms with E-state index in [0.29, 0.717) is 17.9 Å². The van der Waals surface area contributed by atoms with Crippen LogP contribution in [0.3, 0.4) is 0 Å². The van der Waals surface area contributed by atoms with Crippen LogP contribution in [-0.4, -0.2) is 52.3 Å². The predicted octanol–water partition coefficient (Wildman–Crippen LogP) is 3.46. The van der Waals surface area contributed by atoms with Gasteiger partial charge in [0.1, 0.15) is 5.82 Å². The highest BCUT2D eigenvalue weighted by Crippen LogP contribution is 2.28. The number of sulfone groups is 1. The Kier molecular flexibility index (Phi) is 6.46. The molecule has 0 amide bonds. The Morgan fingerprint density at radius 3 is 2.47 bits per heavy atom. The van der Waals surface area contributed by atoms with Gasteiger partial charge in [-0.25, -0.2) is 13.1 Å². The molecular formula is C22H32N4O2S2. The molecule has 30 heavy (non-hydrogen) atoms. The van der Waals surface area contributed by atoms with Crippen LogP contribution in [0.15, 0.2) is 24.3 Å². The number of nitrogens with zero attached hydrogens (tertiary/aromatic N) is 4. The van der Waals surface area contributed by atoms with Gasteiger partial charge in [-0.15, -0.1) is 0 Å². The molecule has 6 nitrogen and oxygen atoms in total. The van der Waals surface area contributed by atoms with Gasteiger partial charge in [0.05, 0.1) is 18.2 Å². The zero-order valence-electron chi connectivity index (χ0n) is 18.0. The van der Waals surface area contributed by atoms with Crippen molar-refractivity contribution in [2.75, 3.05) is 24.6 Å². The molecule has 3 heterocycles. The average Bonchev–Trinajstić information content (AvgIpc) is 3.22. The number of aromatic nitrogens is 3. The van der Waals surface area contributed by atoms with Crippen molar-refractivity contribution in [2.45, 2.75) is 51.6 Å². The molecule has 0 bridgehead atoms. The summed E-state index contributed by atoms with van der Waals surface area (Å²) in [6.07, 6.45) is 5.47. The first kappa shape index (κ1) is 21.7. The van der Waals surface area contributed by atoms with E-state index >= 15 is 0 Å². The SMILES string of the molecule is Cc1ccc(CCC2CCN(Cn3nc(C4CCS(=O)(=O)C4)n(C)c3=S)CC2)cc1. The number of piperidine rings is 1. The van der Waals surface area contributed by atoms with Crippen molar-refractivity contribution in [1.82, 2.24) is 19.2 Å². The van der Waals surface area contributed by atoms with Crippen LogP contribution in [0, 0.1) is 17.6 Å². The number of hydrogen-bond donors (Lipinski definition) is 0. The Labute approximate surface area is 184 Å². The number of benzene rings is 1. The first-order chi connectivity index (χ1) is 14.3. The first-order valence-corrected chi connectivity index (χ1v) is 13.2. The normalized spacial score (nSPS) is 22.5. The molecule has 4 rings (SSSR count). The second kappa shape index (κ2) is 8.93. The standard InChI is InChI=1S/C22H32N4O2S2/c1-17-3-5-18(6-4-17)7-8-19-9-12-25(13-10-19)16-26-22(29)24(2)21(23-26)20-11-14-30(27,28)15-20/h3-6,19-20H,7-16H2,1-2H3. The molecule has 2 fully saturated rings. The van der Waals surface area contributed by atoms with Gasteiger partial charge in [0.25, 0.3) is 0 Å². The summed E-state index contributed by atoms with van der Waals surface area (Å²) in [6, 6.07) is 8.90. The largest absolute Gasteiger partial charge is 0.307 e. The van der Waals surface area contributed by atoms with Gasteiger partial charge in [-0.1, -0.05) is 29.8 Å². The zero-order chi connectivity index (χ0) is 21.3. The van der Waals surface area contributed by atoms with E-state index in [0.717, 1.165) is 31.3 Å². The van der Waals surface area contributed by atoms with E-state index in [1.165, 1.54) is 30.4 Å². The van der Waals surface area contributed by atoms with Crippen LogP contribution >= 0.6 is 12.2 Å². The molecule has 0 N–H and O–H groups in total. The summed E-state index contributed by atoms with van der Waals surface area (Å²) in [5.41, 5.74) is 2.75. The molecular weight excluding hydrogens is 416 g/mol. The predicted molar refractivity (Wildman–Crippen MR) is 122 cm³/mol. The quantitative estimate of drug-likeness (QED) is 0.634. The number of hydrogen-bond acceptors (Lipinski definition) is 5. The van der Waals surface area contributed by atoms with Crippen LogP contribution in [0.1, 0.15) is 48.6 Å². The summed E-state index contributed by atoms with van der Waals surface area (Å²) in [5.74, 6) is 2.01. The smallest absolute Gasteiger partial charge is 0.198 e. The maximum Gasteiger partial charge on any atom is 0.198 e. The maximum atomic E-state index is 11.8. The van der Waals surface area contributed by atoms with E-state index in [9.17, 15) is 8.42 Å². The minimum atomic E-state index is -2.93. The summed E-state index contributed by atoms with van der Waals surface area (Å²) in [7, 11) is -1.03. The monoisotopic (exact) mass is 448 g/mol. The molecule has 0 spiro atoms. The van der Waals surface area contributed by atoms with Crippen molar-refractivity contribution in [2.24, 2.45) is 13.0 Å². The summed E-state index contributed by atoms with van der Waals surface area (Å²) >= 11 is 5.59. The van der Waals surface area contributed by atoms with Crippen molar-refractivity contribution < 1.29 is 8.42 Å². The number of aryl methyl sites for hydroxylation is 2. The first-order valence-electron chi connectivity index (χ1n) is 10.9. The summed E-state index contributed by atoms with van der Waals surface area (Å²) in [5, 5.41) is 4.72. The van der Waals surface area contributed by atoms with Crippen LogP contribution in [-0.2, 0) is 30.0 Å². The molecule has 1 aromatic carbocycles. The van der Waals surface area contributed by atoms with E-state index in [1.807, 2.05) is 16.3 Å². The molecule has 0 aliphatic carbocycles. The Morgan fingerprint density at radius 2 is 1.83 bits per heavy atom. The lowest BCUT2D eigenvalue weighted by Gasteiger charge is -2.31. The number of likely N-dealkylation sites (tertiary alicyclic amines) is 1. The van der Waals surface area contributed by atoms with Gasteiger partial charge in [0.15, 0.2) is 14.6 Å². The molecule has 0 radical (unpaired) electrons. The molecule has 1 aromatic heterocycles. The molecule has 1 unspecified atom stereocenters. The summed E-state index contributed by atoms with van der Waals surface area (Å²) in [6.45, 7) is 4.94. The zero-order valence-corrected chi connectivity index (χ0v) is 19.6. The minimum absolute atomic E-state index is 0.0320. The fourth-order valence-corrected chi connectivity index (χ4v) is 6.61. The third kappa shape index (κ3) is 5.03. The van der Waals surface area contributed by atoms with Gasteiger partial charge in [-0.2, -0.15) is 5.10 Å². The van der Waals surface area contributed by atoms with E-state index < -0.39 is 9.84 Å². The van der Waals surface area contributed by atoms with Crippen molar-refractivity contribution in [3.8, 4) is 0 Å². The van der Waals surface area contributed by atoms with Crippen molar-refractivity contribution in [3.63, 3.8) is 0 Å². The van der Waals surface area contributed by atoms with Crippen LogP contribution in [0.25, 0.3) is 0 Å². The molecule has 1 atom stereocenters. The van der Waals surface area contributed by atoms with Gasteiger partial charge in [-0.3, -0.25) is 4.90 Å². The van der Waals surface area contributed by atoms with Gasteiger partial charge in [-0.05, 0) is 62.7 Å². The molecule has 2 aromatic rings. The molecule has 164 valence electrons. The van der Waals surface area contributed by atoms with Crippen LogP contribution in [0.5, 0.6) is 0 Å². The van der Waals surface area contributed by atoms with Gasteiger partial charge >= 0.3 is 0 Å². The van der Waals surface area contributed by atoms with Crippen LogP contribution in [0.4, 0.5) is 0 Å². The van der Waals surface area contributed by atoms with E-state index in [2.05, 4.69) is 36.1 Å².